The van der Waals surface area contributed by atoms with Crippen LogP contribution in [0, 0.1) is 13.8 Å². The lowest BCUT2D eigenvalue weighted by atomic mass is 10.1. The van der Waals surface area contributed by atoms with Crippen molar-refractivity contribution < 1.29 is 4.74 Å². The smallest absolute Gasteiger partial charge is 0.276 e. The maximum atomic E-state index is 13.8. The highest BCUT2D eigenvalue weighted by Crippen LogP contribution is 2.33. The maximum Gasteiger partial charge on any atom is 0.276 e. The number of rotatable bonds is 7. The van der Waals surface area contributed by atoms with E-state index in [0.717, 1.165) is 38.5 Å². The minimum absolute atomic E-state index is 0.0302. The molecule has 0 aliphatic heterocycles. The van der Waals surface area contributed by atoms with Crippen LogP contribution in [-0.4, -0.2) is 21.9 Å². The van der Waals surface area contributed by atoms with E-state index in [0.29, 0.717) is 22.2 Å². The van der Waals surface area contributed by atoms with E-state index in [9.17, 15) is 4.79 Å². The van der Waals surface area contributed by atoms with E-state index in [2.05, 4.69) is 30.3 Å². The van der Waals surface area contributed by atoms with Crippen molar-refractivity contribution >= 4 is 33.3 Å². The normalized spacial score (nSPS) is 11.1. The van der Waals surface area contributed by atoms with Crippen molar-refractivity contribution in [2.75, 3.05) is 12.4 Å². The standard InChI is InChI=1S/C28H24N2O2S2/c1-19-13-14-20(2)24(17-19)30-27(31)26-23(18-25(34-26)21-9-5-3-6-10-21)29-28(30)33-16-15-32-22-11-7-4-8-12-22/h3-14,17-18H,15-16H2,1-2H3. The van der Waals surface area contributed by atoms with Crippen molar-refractivity contribution in [1.29, 1.82) is 0 Å². The Kier molecular flexibility index (Phi) is 6.52. The highest BCUT2D eigenvalue weighted by atomic mass is 32.2. The van der Waals surface area contributed by atoms with Crippen LogP contribution in [0.3, 0.4) is 0 Å². The molecule has 5 rings (SSSR count). The van der Waals surface area contributed by atoms with Crippen LogP contribution in [0.2, 0.25) is 0 Å². The zero-order valence-electron chi connectivity index (χ0n) is 19.0. The number of fused-ring (bicyclic) bond motifs is 1. The fourth-order valence-electron chi connectivity index (χ4n) is 3.78. The first-order valence-electron chi connectivity index (χ1n) is 11.1. The first-order valence-corrected chi connectivity index (χ1v) is 12.9. The Morgan fingerprint density at radius 1 is 0.941 bits per heavy atom. The zero-order chi connectivity index (χ0) is 23.5. The number of thiophene rings is 1. The second-order valence-corrected chi connectivity index (χ2v) is 10.1. The number of aromatic nitrogens is 2. The number of ether oxygens (including phenoxy) is 1. The molecular weight excluding hydrogens is 460 g/mol. The zero-order valence-corrected chi connectivity index (χ0v) is 20.7. The molecule has 170 valence electrons. The molecule has 2 aromatic heterocycles. The van der Waals surface area contributed by atoms with E-state index in [1.165, 1.54) is 11.3 Å². The van der Waals surface area contributed by atoms with Crippen LogP contribution in [0.25, 0.3) is 26.3 Å². The molecule has 0 aliphatic rings. The lowest BCUT2D eigenvalue weighted by Gasteiger charge is -2.15. The molecule has 2 heterocycles. The van der Waals surface area contributed by atoms with Gasteiger partial charge in [0.05, 0.1) is 17.8 Å². The number of para-hydroxylation sites is 1. The predicted molar refractivity (Wildman–Crippen MR) is 143 cm³/mol. The van der Waals surface area contributed by atoms with E-state index in [-0.39, 0.29) is 5.56 Å². The number of aryl methyl sites for hydroxylation is 2. The molecule has 0 unspecified atom stereocenters. The lowest BCUT2D eigenvalue weighted by Crippen LogP contribution is -2.22. The summed E-state index contributed by atoms with van der Waals surface area (Å²) in [7, 11) is 0. The van der Waals surface area contributed by atoms with Gasteiger partial charge in [0.1, 0.15) is 10.4 Å². The van der Waals surface area contributed by atoms with Crippen molar-refractivity contribution in [3.05, 3.63) is 106 Å². The molecule has 0 spiro atoms. The summed E-state index contributed by atoms with van der Waals surface area (Å²) in [5.41, 5.74) is 4.82. The fraction of sp³-hybridized carbons (Fsp3) is 0.143. The second kappa shape index (κ2) is 9.87. The van der Waals surface area contributed by atoms with Crippen molar-refractivity contribution in [2.45, 2.75) is 19.0 Å². The summed E-state index contributed by atoms with van der Waals surface area (Å²) < 4.78 is 8.30. The Bertz CT molecular complexity index is 1490. The summed E-state index contributed by atoms with van der Waals surface area (Å²) >= 11 is 3.04. The minimum Gasteiger partial charge on any atom is -0.493 e. The monoisotopic (exact) mass is 484 g/mol. The third kappa shape index (κ3) is 4.65. The molecule has 6 heteroatoms. The Morgan fingerprint density at radius 2 is 1.68 bits per heavy atom. The van der Waals surface area contributed by atoms with Gasteiger partial charge in [0.25, 0.3) is 5.56 Å². The van der Waals surface area contributed by atoms with Crippen molar-refractivity contribution in [2.24, 2.45) is 0 Å². The molecule has 0 fully saturated rings. The summed E-state index contributed by atoms with van der Waals surface area (Å²) in [6, 6.07) is 28.1. The van der Waals surface area contributed by atoms with Gasteiger partial charge in [-0.15, -0.1) is 11.3 Å². The van der Waals surface area contributed by atoms with E-state index in [4.69, 9.17) is 9.72 Å². The summed E-state index contributed by atoms with van der Waals surface area (Å²) in [6.07, 6.45) is 0. The van der Waals surface area contributed by atoms with E-state index >= 15 is 0 Å². The summed E-state index contributed by atoms with van der Waals surface area (Å²) in [5.74, 6) is 1.51. The third-order valence-electron chi connectivity index (χ3n) is 5.51. The lowest BCUT2D eigenvalue weighted by molar-refractivity contribution is 0.344. The molecule has 0 saturated carbocycles. The van der Waals surface area contributed by atoms with Crippen LogP contribution < -0.4 is 10.3 Å². The van der Waals surface area contributed by atoms with E-state index in [1.807, 2.05) is 68.4 Å². The quantitative estimate of drug-likeness (QED) is 0.143. The van der Waals surface area contributed by atoms with Gasteiger partial charge in [-0.2, -0.15) is 0 Å². The van der Waals surface area contributed by atoms with Gasteiger partial charge in [-0.05, 0) is 54.8 Å². The van der Waals surface area contributed by atoms with Gasteiger partial charge in [-0.25, -0.2) is 4.98 Å². The van der Waals surface area contributed by atoms with E-state index in [1.54, 1.807) is 16.3 Å². The SMILES string of the molecule is Cc1ccc(C)c(-n2c(SCCOc3ccccc3)nc3cc(-c4ccccc4)sc3c2=O)c1. The molecule has 0 radical (unpaired) electrons. The van der Waals surface area contributed by atoms with Gasteiger partial charge in [0.2, 0.25) is 0 Å². The Balaban J connectivity index is 1.55. The largest absolute Gasteiger partial charge is 0.493 e. The molecule has 0 aliphatic carbocycles. The van der Waals surface area contributed by atoms with Gasteiger partial charge in [-0.3, -0.25) is 9.36 Å². The Hall–Kier alpha value is -3.35. The summed E-state index contributed by atoms with van der Waals surface area (Å²) in [6.45, 7) is 4.59. The molecule has 0 amide bonds. The summed E-state index contributed by atoms with van der Waals surface area (Å²) in [4.78, 5) is 19.8. The number of hydrogen-bond donors (Lipinski definition) is 0. The van der Waals surface area contributed by atoms with Crippen LogP contribution in [0.15, 0.2) is 94.9 Å². The van der Waals surface area contributed by atoms with Crippen LogP contribution in [0.5, 0.6) is 5.75 Å². The maximum absolute atomic E-state index is 13.8. The van der Waals surface area contributed by atoms with Gasteiger partial charge >= 0.3 is 0 Å². The minimum atomic E-state index is -0.0302. The van der Waals surface area contributed by atoms with Crippen LogP contribution >= 0.6 is 23.1 Å². The molecule has 5 aromatic rings. The predicted octanol–water partition coefficient (Wildman–Crippen LogP) is 6.90. The van der Waals surface area contributed by atoms with E-state index < -0.39 is 0 Å². The third-order valence-corrected chi connectivity index (χ3v) is 7.57. The van der Waals surface area contributed by atoms with Gasteiger partial charge in [-0.1, -0.05) is 72.4 Å². The molecule has 0 bridgehead atoms. The molecular formula is C28H24N2O2S2. The molecule has 34 heavy (non-hydrogen) atoms. The van der Waals surface area contributed by atoms with Gasteiger partial charge in [0.15, 0.2) is 5.16 Å². The first kappa shape index (κ1) is 22.4. The molecule has 0 saturated heterocycles. The number of hydrogen-bond acceptors (Lipinski definition) is 5. The van der Waals surface area contributed by atoms with Crippen LogP contribution in [0.4, 0.5) is 0 Å². The Morgan fingerprint density at radius 3 is 2.44 bits per heavy atom. The van der Waals surface area contributed by atoms with Gasteiger partial charge in [0, 0.05) is 10.6 Å². The number of nitrogens with zero attached hydrogens (tertiary/aromatic N) is 2. The first-order chi connectivity index (χ1) is 16.6. The van der Waals surface area contributed by atoms with Crippen molar-refractivity contribution in [3.8, 4) is 21.9 Å². The molecule has 0 atom stereocenters. The highest BCUT2D eigenvalue weighted by Gasteiger charge is 2.18. The average Bonchev–Trinajstić information content (AvgIpc) is 3.30. The summed E-state index contributed by atoms with van der Waals surface area (Å²) in [5, 5.41) is 0.681. The second-order valence-electron chi connectivity index (χ2n) is 8.03. The average molecular weight is 485 g/mol. The highest BCUT2D eigenvalue weighted by molar-refractivity contribution is 7.99. The number of benzene rings is 3. The van der Waals surface area contributed by atoms with Crippen molar-refractivity contribution in [3.63, 3.8) is 0 Å². The molecule has 3 aromatic carbocycles. The molecule has 4 nitrogen and oxygen atoms in total. The van der Waals surface area contributed by atoms with Gasteiger partial charge < -0.3 is 4.74 Å². The fourth-order valence-corrected chi connectivity index (χ4v) is 5.64. The van der Waals surface area contributed by atoms with Crippen LogP contribution in [0.1, 0.15) is 11.1 Å². The Labute approximate surface area is 206 Å². The molecule has 0 N–H and O–H groups in total. The topological polar surface area (TPSA) is 44.1 Å². The van der Waals surface area contributed by atoms with Crippen LogP contribution in [-0.2, 0) is 0 Å². The van der Waals surface area contributed by atoms with Crippen molar-refractivity contribution in [1.82, 2.24) is 9.55 Å². The number of thioether (sulfide) groups is 1.